The summed E-state index contributed by atoms with van der Waals surface area (Å²) in [5.41, 5.74) is 1.61. The van der Waals surface area contributed by atoms with Crippen molar-refractivity contribution in [3.63, 3.8) is 0 Å². The minimum Gasteiger partial charge on any atom is -0.454 e. The number of aryl methyl sites for hydroxylation is 1. The van der Waals surface area contributed by atoms with Gasteiger partial charge in [0.25, 0.3) is 5.91 Å². The Labute approximate surface area is 116 Å². The molecule has 0 unspecified atom stereocenters. The van der Waals surface area contributed by atoms with E-state index in [4.69, 9.17) is 4.74 Å². The highest BCUT2D eigenvalue weighted by molar-refractivity contribution is 5.94. The zero-order valence-electron chi connectivity index (χ0n) is 11.1. The second-order valence-electron chi connectivity index (χ2n) is 4.63. The molecule has 2 N–H and O–H groups in total. The second-order valence-corrected chi connectivity index (χ2v) is 4.63. The van der Waals surface area contributed by atoms with E-state index >= 15 is 0 Å². The molecular weight excluding hydrogens is 260 g/mol. The third-order valence-electron chi connectivity index (χ3n) is 3.04. The molecule has 1 atom stereocenters. The van der Waals surface area contributed by atoms with Gasteiger partial charge in [0, 0.05) is 12.1 Å². The normalized spacial score (nSPS) is 17.4. The highest BCUT2D eigenvalue weighted by Crippen LogP contribution is 2.13. The van der Waals surface area contributed by atoms with Crippen LogP contribution in [-0.4, -0.2) is 30.4 Å². The van der Waals surface area contributed by atoms with Crippen molar-refractivity contribution in [3.8, 4) is 0 Å². The van der Waals surface area contributed by atoms with Gasteiger partial charge < -0.3 is 15.4 Å². The first-order valence-electron chi connectivity index (χ1n) is 6.38. The van der Waals surface area contributed by atoms with Crippen molar-refractivity contribution in [2.75, 3.05) is 11.9 Å². The maximum atomic E-state index is 11.7. The van der Waals surface area contributed by atoms with Gasteiger partial charge in [0.2, 0.25) is 5.91 Å². The molecule has 0 spiro atoms. The molecule has 1 aromatic rings. The number of hydrogen-bond donors (Lipinski definition) is 2. The molecule has 1 heterocycles. The first-order valence-corrected chi connectivity index (χ1v) is 6.38. The zero-order valence-corrected chi connectivity index (χ0v) is 11.1. The summed E-state index contributed by atoms with van der Waals surface area (Å²) in [5.74, 6) is -1.15. The largest absolute Gasteiger partial charge is 0.454 e. The summed E-state index contributed by atoms with van der Waals surface area (Å²) in [6.07, 6.45) is 0.728. The van der Waals surface area contributed by atoms with E-state index in [-0.39, 0.29) is 12.5 Å². The number of rotatable bonds is 4. The lowest BCUT2D eigenvalue weighted by Gasteiger charge is -2.11. The van der Waals surface area contributed by atoms with Gasteiger partial charge in [-0.1, -0.05) is 18.2 Å². The number of amides is 2. The zero-order chi connectivity index (χ0) is 14.5. The van der Waals surface area contributed by atoms with Crippen LogP contribution in [0.3, 0.4) is 0 Å². The van der Waals surface area contributed by atoms with Crippen LogP contribution in [0.5, 0.6) is 0 Å². The van der Waals surface area contributed by atoms with Crippen molar-refractivity contribution in [1.29, 1.82) is 0 Å². The van der Waals surface area contributed by atoms with E-state index in [9.17, 15) is 14.4 Å². The monoisotopic (exact) mass is 276 g/mol. The Bertz CT molecular complexity index is 542. The van der Waals surface area contributed by atoms with E-state index in [1.165, 1.54) is 0 Å². The van der Waals surface area contributed by atoms with Gasteiger partial charge in [0.05, 0.1) is 0 Å². The summed E-state index contributed by atoms with van der Waals surface area (Å²) >= 11 is 0. The number of carbonyl (C=O) groups excluding carboxylic acids is 3. The van der Waals surface area contributed by atoms with Gasteiger partial charge >= 0.3 is 5.97 Å². The van der Waals surface area contributed by atoms with Gasteiger partial charge in [0.15, 0.2) is 6.61 Å². The van der Waals surface area contributed by atoms with E-state index in [0.29, 0.717) is 18.5 Å². The molecule has 1 aliphatic rings. The minimum atomic E-state index is -0.631. The first-order chi connectivity index (χ1) is 9.56. The predicted octanol–water partition coefficient (Wildman–Crippen LogP) is 0.755. The van der Waals surface area contributed by atoms with Crippen LogP contribution in [0.2, 0.25) is 0 Å². The van der Waals surface area contributed by atoms with E-state index in [1.807, 2.05) is 25.1 Å². The molecule has 1 aliphatic heterocycles. The molecule has 6 nitrogen and oxygen atoms in total. The van der Waals surface area contributed by atoms with Crippen LogP contribution in [0.4, 0.5) is 5.69 Å². The summed E-state index contributed by atoms with van der Waals surface area (Å²) in [4.78, 5) is 34.2. The predicted molar refractivity (Wildman–Crippen MR) is 71.9 cm³/mol. The fraction of sp³-hybridized carbons (Fsp3) is 0.357. The molecule has 2 amide bonds. The number of nitrogens with one attached hydrogen (secondary N) is 2. The van der Waals surface area contributed by atoms with Crippen molar-refractivity contribution in [3.05, 3.63) is 29.8 Å². The van der Waals surface area contributed by atoms with Crippen LogP contribution >= 0.6 is 0 Å². The molecule has 1 aromatic carbocycles. The molecule has 6 heteroatoms. The summed E-state index contributed by atoms with van der Waals surface area (Å²) in [7, 11) is 0. The molecule has 0 aromatic heterocycles. The Hall–Kier alpha value is -2.37. The minimum absolute atomic E-state index is 0.170. The van der Waals surface area contributed by atoms with E-state index in [0.717, 1.165) is 5.56 Å². The van der Waals surface area contributed by atoms with Gasteiger partial charge in [-0.15, -0.1) is 0 Å². The Balaban J connectivity index is 1.79. The molecule has 1 saturated heterocycles. The Kier molecular flexibility index (Phi) is 4.34. The lowest BCUT2D eigenvalue weighted by molar-refractivity contribution is -0.149. The van der Waals surface area contributed by atoms with Gasteiger partial charge in [-0.25, -0.2) is 4.79 Å². The van der Waals surface area contributed by atoms with E-state index < -0.39 is 17.9 Å². The van der Waals surface area contributed by atoms with Crippen LogP contribution in [0, 0.1) is 6.92 Å². The van der Waals surface area contributed by atoms with Crippen LogP contribution in [0.1, 0.15) is 18.4 Å². The van der Waals surface area contributed by atoms with Crippen molar-refractivity contribution in [1.82, 2.24) is 5.32 Å². The number of benzene rings is 1. The quantitative estimate of drug-likeness (QED) is 0.795. The smallest absolute Gasteiger partial charge is 0.329 e. The summed E-state index contributed by atoms with van der Waals surface area (Å²) in [6.45, 7) is 1.51. The highest BCUT2D eigenvalue weighted by atomic mass is 16.5. The molecule has 0 saturated carbocycles. The SMILES string of the molecule is Cc1ccccc1NC(=O)COC(=O)[C@@H]1CCC(=O)N1. The Morgan fingerprint density at radius 3 is 2.80 bits per heavy atom. The number of hydrogen-bond acceptors (Lipinski definition) is 4. The highest BCUT2D eigenvalue weighted by Gasteiger charge is 2.28. The van der Waals surface area contributed by atoms with Gasteiger partial charge in [0.1, 0.15) is 6.04 Å². The molecule has 1 fully saturated rings. The third-order valence-corrected chi connectivity index (χ3v) is 3.04. The number of ether oxygens (including phenoxy) is 1. The van der Waals surface area contributed by atoms with Crippen molar-refractivity contribution in [2.24, 2.45) is 0 Å². The number of esters is 1. The molecule has 2 rings (SSSR count). The van der Waals surface area contributed by atoms with Crippen molar-refractivity contribution >= 4 is 23.5 Å². The Morgan fingerprint density at radius 2 is 2.15 bits per heavy atom. The molecule has 0 aliphatic carbocycles. The number of anilines is 1. The number of carbonyl (C=O) groups is 3. The summed E-state index contributed by atoms with van der Waals surface area (Å²) < 4.78 is 4.88. The standard InChI is InChI=1S/C14H16N2O4/c1-9-4-2-3-5-10(9)15-13(18)8-20-14(19)11-6-7-12(17)16-11/h2-5,11H,6-8H2,1H3,(H,15,18)(H,16,17)/t11-/m0/s1. The number of para-hydroxylation sites is 1. The van der Waals surface area contributed by atoms with Gasteiger partial charge in [-0.05, 0) is 25.0 Å². The van der Waals surface area contributed by atoms with Crippen LogP contribution in [0.25, 0.3) is 0 Å². The van der Waals surface area contributed by atoms with Crippen LogP contribution < -0.4 is 10.6 Å². The van der Waals surface area contributed by atoms with Gasteiger partial charge in [-0.2, -0.15) is 0 Å². The van der Waals surface area contributed by atoms with Crippen molar-refractivity contribution < 1.29 is 19.1 Å². The average Bonchev–Trinajstić information content (AvgIpc) is 2.85. The summed E-state index contributed by atoms with van der Waals surface area (Å²) in [6, 6.07) is 6.69. The topological polar surface area (TPSA) is 84.5 Å². The fourth-order valence-electron chi connectivity index (χ4n) is 1.93. The molecule has 0 radical (unpaired) electrons. The lowest BCUT2D eigenvalue weighted by Crippen LogP contribution is -2.36. The van der Waals surface area contributed by atoms with E-state index in [1.54, 1.807) is 6.07 Å². The third kappa shape index (κ3) is 3.57. The van der Waals surface area contributed by atoms with E-state index in [2.05, 4.69) is 10.6 Å². The average molecular weight is 276 g/mol. The van der Waals surface area contributed by atoms with Crippen LogP contribution in [-0.2, 0) is 19.1 Å². The maximum Gasteiger partial charge on any atom is 0.329 e. The maximum absolute atomic E-state index is 11.7. The molecule has 20 heavy (non-hydrogen) atoms. The summed E-state index contributed by atoms with van der Waals surface area (Å²) in [5, 5.41) is 5.15. The fourth-order valence-corrected chi connectivity index (χ4v) is 1.93. The van der Waals surface area contributed by atoms with Crippen LogP contribution in [0.15, 0.2) is 24.3 Å². The molecule has 106 valence electrons. The molecule has 0 bridgehead atoms. The lowest BCUT2D eigenvalue weighted by atomic mass is 10.2. The second kappa shape index (κ2) is 6.18. The Morgan fingerprint density at radius 1 is 1.40 bits per heavy atom. The van der Waals surface area contributed by atoms with Crippen molar-refractivity contribution in [2.45, 2.75) is 25.8 Å². The first kappa shape index (κ1) is 14.0. The molecular formula is C14H16N2O4. The van der Waals surface area contributed by atoms with Gasteiger partial charge in [-0.3, -0.25) is 9.59 Å².